The first-order chi connectivity index (χ1) is 21.8. The van der Waals surface area contributed by atoms with E-state index in [1.807, 2.05) is 36.4 Å². The van der Waals surface area contributed by atoms with Crippen LogP contribution in [0, 0.1) is 0 Å². The molecule has 9 rings (SSSR count). The zero-order valence-electron chi connectivity index (χ0n) is 24.2. The van der Waals surface area contributed by atoms with Gasteiger partial charge in [-0.2, -0.15) is 9.97 Å². The minimum atomic E-state index is 0.633. The normalized spacial score (nSPS) is 13.1. The summed E-state index contributed by atoms with van der Waals surface area (Å²) in [5, 5.41) is 3.72. The Kier molecular flexibility index (Phi) is 5.69. The molecule has 8 aromatic rings. The number of nitrogens with zero attached hydrogens (tertiary/aromatic N) is 5. The molecule has 0 radical (unpaired) electrons. The second kappa shape index (κ2) is 10.0. The van der Waals surface area contributed by atoms with Gasteiger partial charge in [0.15, 0.2) is 11.6 Å². The molecule has 0 aliphatic heterocycles. The molecule has 0 saturated carbocycles. The Labute approximate surface area is 255 Å². The number of rotatable bonds is 4. The fraction of sp³-hybridized carbons (Fsp3) is 0.103. The van der Waals surface area contributed by atoms with E-state index in [1.165, 1.54) is 57.0 Å². The molecular weight excluding hydrogens is 538 g/mol. The van der Waals surface area contributed by atoms with Gasteiger partial charge in [-0.05, 0) is 55.5 Å². The van der Waals surface area contributed by atoms with Gasteiger partial charge in [-0.25, -0.2) is 4.98 Å². The van der Waals surface area contributed by atoms with Crippen LogP contribution in [0.3, 0.4) is 0 Å². The van der Waals surface area contributed by atoms with E-state index in [0.29, 0.717) is 17.6 Å². The van der Waals surface area contributed by atoms with Crippen LogP contribution in [0.2, 0.25) is 0 Å². The molecule has 0 N–H and O–H groups in total. The highest BCUT2D eigenvalue weighted by molar-refractivity contribution is 6.19. The maximum Gasteiger partial charge on any atom is 0.238 e. The molecule has 1 aliphatic rings. The lowest BCUT2D eigenvalue weighted by Gasteiger charge is -2.16. The molecule has 5 aromatic carbocycles. The summed E-state index contributed by atoms with van der Waals surface area (Å²) >= 11 is 0. The Morgan fingerprint density at radius 1 is 0.477 bits per heavy atom. The average molecular weight is 568 g/mol. The van der Waals surface area contributed by atoms with Gasteiger partial charge in [0.2, 0.25) is 5.95 Å². The second-order valence-corrected chi connectivity index (χ2v) is 11.5. The minimum absolute atomic E-state index is 0.633. The van der Waals surface area contributed by atoms with Gasteiger partial charge in [-0.15, -0.1) is 0 Å². The van der Waals surface area contributed by atoms with Crippen molar-refractivity contribution in [3.8, 4) is 34.4 Å². The predicted molar refractivity (Wildman–Crippen MR) is 179 cm³/mol. The van der Waals surface area contributed by atoms with Crippen LogP contribution in [-0.4, -0.2) is 24.1 Å². The molecule has 0 saturated heterocycles. The zero-order chi connectivity index (χ0) is 29.0. The SMILES string of the molecule is c1ccc(-c2nc(-c3ccccc3)nc(-n3c4ccccc4c4ccc5c(c6c(n5-c5ccccc5)CCCC6)c43)n2)cc1. The summed E-state index contributed by atoms with van der Waals surface area (Å²) in [6.07, 6.45) is 4.53. The summed E-state index contributed by atoms with van der Waals surface area (Å²) in [6, 6.07) is 44.5. The summed E-state index contributed by atoms with van der Waals surface area (Å²) in [5.74, 6) is 1.96. The van der Waals surface area contributed by atoms with Gasteiger partial charge >= 0.3 is 0 Å². The van der Waals surface area contributed by atoms with Gasteiger partial charge in [-0.3, -0.25) is 4.57 Å². The lowest BCUT2D eigenvalue weighted by atomic mass is 9.94. The van der Waals surface area contributed by atoms with Crippen molar-refractivity contribution >= 4 is 32.7 Å². The average Bonchev–Trinajstić information content (AvgIpc) is 3.62. The summed E-state index contributed by atoms with van der Waals surface area (Å²) in [6.45, 7) is 0. The molecule has 3 heterocycles. The van der Waals surface area contributed by atoms with Gasteiger partial charge in [0, 0.05) is 38.7 Å². The number of aryl methyl sites for hydroxylation is 1. The Morgan fingerprint density at radius 3 is 1.80 bits per heavy atom. The van der Waals surface area contributed by atoms with Crippen LogP contribution < -0.4 is 0 Å². The summed E-state index contributed by atoms with van der Waals surface area (Å²) in [7, 11) is 0. The van der Waals surface area contributed by atoms with E-state index in [9.17, 15) is 0 Å². The number of benzene rings is 5. The Morgan fingerprint density at radius 2 is 1.09 bits per heavy atom. The number of aromatic nitrogens is 5. The molecule has 0 bridgehead atoms. The zero-order valence-corrected chi connectivity index (χ0v) is 24.2. The van der Waals surface area contributed by atoms with Crippen molar-refractivity contribution in [2.75, 3.05) is 0 Å². The molecule has 5 nitrogen and oxygen atoms in total. The van der Waals surface area contributed by atoms with Crippen LogP contribution >= 0.6 is 0 Å². The van der Waals surface area contributed by atoms with E-state index in [-0.39, 0.29) is 0 Å². The van der Waals surface area contributed by atoms with Crippen molar-refractivity contribution in [3.63, 3.8) is 0 Å². The van der Waals surface area contributed by atoms with Crippen molar-refractivity contribution in [3.05, 3.63) is 139 Å². The van der Waals surface area contributed by atoms with Crippen LogP contribution in [-0.2, 0) is 12.8 Å². The number of para-hydroxylation sites is 2. The van der Waals surface area contributed by atoms with Crippen molar-refractivity contribution in [2.45, 2.75) is 25.7 Å². The molecule has 44 heavy (non-hydrogen) atoms. The smallest absolute Gasteiger partial charge is 0.238 e. The van der Waals surface area contributed by atoms with Crippen molar-refractivity contribution < 1.29 is 0 Å². The molecule has 210 valence electrons. The summed E-state index contributed by atoms with van der Waals surface area (Å²) in [5.41, 5.74) is 9.51. The van der Waals surface area contributed by atoms with E-state index < -0.39 is 0 Å². The molecule has 1 aliphatic carbocycles. The lowest BCUT2D eigenvalue weighted by Crippen LogP contribution is -2.07. The van der Waals surface area contributed by atoms with Crippen LogP contribution in [0.4, 0.5) is 0 Å². The number of hydrogen-bond donors (Lipinski definition) is 0. The highest BCUT2D eigenvalue weighted by atomic mass is 15.2. The van der Waals surface area contributed by atoms with Crippen molar-refractivity contribution in [1.82, 2.24) is 24.1 Å². The van der Waals surface area contributed by atoms with Gasteiger partial charge < -0.3 is 4.57 Å². The first kappa shape index (κ1) is 25.0. The van der Waals surface area contributed by atoms with Crippen LogP contribution in [0.15, 0.2) is 127 Å². The van der Waals surface area contributed by atoms with Crippen LogP contribution in [0.1, 0.15) is 24.1 Å². The largest absolute Gasteiger partial charge is 0.313 e. The molecule has 5 heteroatoms. The van der Waals surface area contributed by atoms with Crippen LogP contribution in [0.5, 0.6) is 0 Å². The monoisotopic (exact) mass is 567 g/mol. The van der Waals surface area contributed by atoms with E-state index in [1.54, 1.807) is 0 Å². The van der Waals surface area contributed by atoms with E-state index in [0.717, 1.165) is 29.5 Å². The van der Waals surface area contributed by atoms with Gasteiger partial charge in [-0.1, -0.05) is 103 Å². The van der Waals surface area contributed by atoms with Crippen molar-refractivity contribution in [2.24, 2.45) is 0 Å². The molecule has 0 unspecified atom stereocenters. The summed E-state index contributed by atoms with van der Waals surface area (Å²) in [4.78, 5) is 15.4. The highest BCUT2D eigenvalue weighted by Crippen LogP contribution is 2.42. The predicted octanol–water partition coefficient (Wildman–Crippen LogP) is 9.13. The topological polar surface area (TPSA) is 48.5 Å². The molecule has 3 aromatic heterocycles. The summed E-state index contributed by atoms with van der Waals surface area (Å²) < 4.78 is 4.78. The quantitative estimate of drug-likeness (QED) is 0.213. The Hall–Kier alpha value is -5.55. The Bertz CT molecular complexity index is 2260. The molecule has 0 atom stereocenters. The molecule has 0 amide bonds. The molecular formula is C39H29N5. The second-order valence-electron chi connectivity index (χ2n) is 11.5. The maximum atomic E-state index is 5.19. The van der Waals surface area contributed by atoms with E-state index in [2.05, 4.69) is 100 Å². The van der Waals surface area contributed by atoms with E-state index >= 15 is 0 Å². The maximum absolute atomic E-state index is 5.19. The third-order valence-electron chi connectivity index (χ3n) is 8.97. The standard InChI is InChI=1S/C39H29N5/c1-4-14-26(15-5-1)37-40-38(27-16-6-2-7-17-27)42-39(41-37)44-32-22-12-10-20-29(32)30-24-25-34-35(36(30)44)31-21-11-13-23-33(31)43(34)28-18-8-3-9-19-28/h1-10,12,14-20,22,24-25H,11,13,21,23H2. The van der Waals surface area contributed by atoms with E-state index in [4.69, 9.17) is 15.0 Å². The molecule has 0 spiro atoms. The third kappa shape index (κ3) is 3.82. The number of fused-ring (bicyclic) bond motifs is 7. The number of hydrogen-bond acceptors (Lipinski definition) is 3. The fourth-order valence-electron chi connectivity index (χ4n) is 7.06. The fourth-order valence-corrected chi connectivity index (χ4v) is 7.06. The van der Waals surface area contributed by atoms with Gasteiger partial charge in [0.1, 0.15) is 0 Å². The van der Waals surface area contributed by atoms with Crippen molar-refractivity contribution in [1.29, 1.82) is 0 Å². The lowest BCUT2D eigenvalue weighted by molar-refractivity contribution is 0.667. The van der Waals surface area contributed by atoms with Gasteiger partial charge in [0.25, 0.3) is 0 Å². The van der Waals surface area contributed by atoms with Crippen LogP contribution in [0.25, 0.3) is 67.1 Å². The third-order valence-corrected chi connectivity index (χ3v) is 8.97. The first-order valence-electron chi connectivity index (χ1n) is 15.4. The molecule has 0 fully saturated rings. The highest BCUT2D eigenvalue weighted by Gasteiger charge is 2.26. The van der Waals surface area contributed by atoms with Gasteiger partial charge in [0.05, 0.1) is 16.6 Å². The Balaban J connectivity index is 1.43. The minimum Gasteiger partial charge on any atom is -0.313 e. The first-order valence-corrected chi connectivity index (χ1v) is 15.4.